The summed E-state index contributed by atoms with van der Waals surface area (Å²) in [7, 11) is 1.85. The lowest BCUT2D eigenvalue weighted by Crippen LogP contribution is -2.18. The summed E-state index contributed by atoms with van der Waals surface area (Å²) in [6, 6.07) is 3.72. The maximum Gasteiger partial charge on any atom is 0.221 e. The number of benzene rings is 1. The predicted octanol–water partition coefficient (Wildman–Crippen LogP) is 0.855. The summed E-state index contributed by atoms with van der Waals surface area (Å²) in [6.45, 7) is 0.855. The smallest absolute Gasteiger partial charge is 0.221 e. The molecule has 0 bridgehead atoms. The van der Waals surface area contributed by atoms with Gasteiger partial charge in [-0.1, -0.05) is 6.07 Å². The summed E-state index contributed by atoms with van der Waals surface area (Å²) in [5.74, 6) is -0.458. The number of carbonyl (C=O) groups excluding carboxylic acids is 1. The Kier molecular flexibility index (Phi) is 3.27. The predicted molar refractivity (Wildman–Crippen MR) is 90.7 cm³/mol. The first-order valence-corrected chi connectivity index (χ1v) is 7.70. The number of hydroxylamine groups is 1. The lowest BCUT2D eigenvalue weighted by Gasteiger charge is -2.27. The molecule has 2 aromatic rings. The zero-order chi connectivity index (χ0) is 16.8. The number of carbonyl (C=O) groups is 1. The van der Waals surface area contributed by atoms with E-state index in [2.05, 4.69) is 10.2 Å². The van der Waals surface area contributed by atoms with Crippen molar-refractivity contribution in [2.24, 2.45) is 17.9 Å². The summed E-state index contributed by atoms with van der Waals surface area (Å²) in [4.78, 5) is 11.3. The highest BCUT2D eigenvalue weighted by molar-refractivity contribution is 5.83. The molecule has 24 heavy (non-hydrogen) atoms. The highest BCUT2D eigenvalue weighted by atomic mass is 16.5. The number of anilines is 2. The number of aryl methyl sites for hydroxylation is 1. The SMILES string of the molecule is Cn1cc(N2Cc3cc(CC(N)=O)cc4c3C(C=N2)CN4[O-])cn1. The number of aromatic nitrogens is 2. The molecule has 0 saturated heterocycles. The Morgan fingerprint density at radius 2 is 2.29 bits per heavy atom. The topological polar surface area (TPSA) is 103 Å². The van der Waals surface area contributed by atoms with E-state index in [0.717, 1.165) is 27.4 Å². The van der Waals surface area contributed by atoms with E-state index in [9.17, 15) is 10.0 Å². The molecule has 0 fully saturated rings. The fourth-order valence-electron chi connectivity index (χ4n) is 3.38. The van der Waals surface area contributed by atoms with Crippen molar-refractivity contribution in [2.75, 3.05) is 16.6 Å². The van der Waals surface area contributed by atoms with Gasteiger partial charge >= 0.3 is 0 Å². The highest BCUT2D eigenvalue weighted by Crippen LogP contribution is 2.40. The molecule has 8 heteroatoms. The lowest BCUT2D eigenvalue weighted by molar-refractivity contribution is -0.117. The first-order chi connectivity index (χ1) is 11.5. The minimum absolute atomic E-state index is 0.0446. The number of hydrogen-bond donors (Lipinski definition) is 1. The molecule has 8 nitrogen and oxygen atoms in total. The largest absolute Gasteiger partial charge is 0.758 e. The van der Waals surface area contributed by atoms with Gasteiger partial charge in [0.05, 0.1) is 24.8 Å². The molecule has 1 atom stereocenters. The molecule has 124 valence electrons. The normalized spacial score (nSPS) is 18.7. The third-order valence-corrected chi connectivity index (χ3v) is 4.38. The number of nitrogens with two attached hydrogens (primary N) is 1. The van der Waals surface area contributed by atoms with Crippen LogP contribution in [0.2, 0.25) is 0 Å². The van der Waals surface area contributed by atoms with Crippen molar-refractivity contribution >= 4 is 23.5 Å². The van der Waals surface area contributed by atoms with E-state index in [0.29, 0.717) is 18.8 Å². The third-order valence-electron chi connectivity index (χ3n) is 4.38. The van der Waals surface area contributed by atoms with Crippen molar-refractivity contribution in [2.45, 2.75) is 18.9 Å². The molecule has 0 aliphatic carbocycles. The molecule has 1 aromatic heterocycles. The van der Waals surface area contributed by atoms with Crippen LogP contribution >= 0.6 is 0 Å². The molecule has 2 N–H and O–H groups in total. The van der Waals surface area contributed by atoms with Gasteiger partial charge in [0.2, 0.25) is 5.91 Å². The van der Waals surface area contributed by atoms with Gasteiger partial charge in [-0.25, -0.2) is 0 Å². The Hall–Kier alpha value is -2.87. The maximum absolute atomic E-state index is 12.2. The minimum Gasteiger partial charge on any atom is -0.758 e. The van der Waals surface area contributed by atoms with Crippen LogP contribution in [0.5, 0.6) is 0 Å². The molecule has 4 rings (SSSR count). The van der Waals surface area contributed by atoms with E-state index in [-0.39, 0.29) is 12.3 Å². The number of nitrogens with zero attached hydrogens (tertiary/aromatic N) is 5. The fraction of sp³-hybridized carbons (Fsp3) is 0.312. The van der Waals surface area contributed by atoms with Crippen LogP contribution in [0.4, 0.5) is 11.4 Å². The number of rotatable bonds is 3. The van der Waals surface area contributed by atoms with Crippen LogP contribution < -0.4 is 15.8 Å². The average Bonchev–Trinajstić information content (AvgIpc) is 3.02. The van der Waals surface area contributed by atoms with Crippen molar-refractivity contribution < 1.29 is 4.79 Å². The van der Waals surface area contributed by atoms with Crippen LogP contribution in [-0.4, -0.2) is 28.4 Å². The van der Waals surface area contributed by atoms with E-state index in [4.69, 9.17) is 5.73 Å². The standard InChI is InChI=1S/C16H17N6O2/c1-20-9-13(6-18-20)21-7-11-2-10(4-15(17)23)3-14-16(11)12(5-19-21)8-22(14)24/h2-3,5-6,9,12H,4,7-8H2,1H3,(H2,17,23)/q-1. The zero-order valence-corrected chi connectivity index (χ0v) is 13.2. The van der Waals surface area contributed by atoms with Crippen LogP contribution in [0.1, 0.15) is 22.6 Å². The van der Waals surface area contributed by atoms with Gasteiger partial charge in [-0.2, -0.15) is 10.2 Å². The summed E-state index contributed by atoms with van der Waals surface area (Å²) in [5, 5.41) is 23.8. The number of primary amides is 1. The Morgan fingerprint density at radius 3 is 3.00 bits per heavy atom. The minimum atomic E-state index is -0.414. The molecule has 3 heterocycles. The molecule has 1 amide bonds. The van der Waals surface area contributed by atoms with Gasteiger partial charge in [0.15, 0.2) is 0 Å². The first kappa shape index (κ1) is 14.7. The summed E-state index contributed by atoms with van der Waals surface area (Å²) >= 11 is 0. The molecular formula is C16H17N6O2-. The van der Waals surface area contributed by atoms with Crippen LogP contribution in [0.3, 0.4) is 0 Å². The molecule has 0 spiro atoms. The molecular weight excluding hydrogens is 308 g/mol. The average molecular weight is 325 g/mol. The van der Waals surface area contributed by atoms with Gasteiger partial charge in [-0.15, -0.1) is 0 Å². The van der Waals surface area contributed by atoms with Gasteiger partial charge in [0.1, 0.15) is 0 Å². The Morgan fingerprint density at radius 1 is 1.46 bits per heavy atom. The van der Waals surface area contributed by atoms with E-state index >= 15 is 0 Å². The molecule has 0 saturated carbocycles. The quantitative estimate of drug-likeness (QED) is 0.901. The van der Waals surface area contributed by atoms with Gasteiger partial charge in [0, 0.05) is 37.6 Å². The van der Waals surface area contributed by atoms with Crippen LogP contribution in [0.25, 0.3) is 0 Å². The summed E-state index contributed by atoms with van der Waals surface area (Å²) in [5.41, 5.74) is 9.55. The van der Waals surface area contributed by atoms with Gasteiger partial charge in [-0.3, -0.25) is 14.5 Å². The van der Waals surface area contributed by atoms with Crippen molar-refractivity contribution in [1.82, 2.24) is 9.78 Å². The number of amides is 1. The summed E-state index contributed by atoms with van der Waals surface area (Å²) in [6.07, 6.45) is 5.56. The summed E-state index contributed by atoms with van der Waals surface area (Å²) < 4.78 is 1.72. The molecule has 1 unspecified atom stereocenters. The molecule has 0 radical (unpaired) electrons. The van der Waals surface area contributed by atoms with E-state index in [1.807, 2.05) is 30.5 Å². The van der Waals surface area contributed by atoms with Gasteiger partial charge < -0.3 is 16.0 Å². The van der Waals surface area contributed by atoms with E-state index in [1.54, 1.807) is 16.9 Å². The Bertz CT molecular complexity index is 843. The van der Waals surface area contributed by atoms with E-state index in [1.165, 1.54) is 0 Å². The first-order valence-electron chi connectivity index (χ1n) is 7.70. The van der Waals surface area contributed by atoms with E-state index < -0.39 is 5.91 Å². The third kappa shape index (κ3) is 2.41. The van der Waals surface area contributed by atoms with Crippen LogP contribution in [0.15, 0.2) is 29.6 Å². The Labute approximate surface area is 138 Å². The van der Waals surface area contributed by atoms with Crippen molar-refractivity contribution in [3.8, 4) is 0 Å². The molecule has 1 aromatic carbocycles. The van der Waals surface area contributed by atoms with Crippen molar-refractivity contribution in [3.63, 3.8) is 0 Å². The number of hydrazone groups is 1. The monoisotopic (exact) mass is 325 g/mol. The second kappa shape index (κ2) is 5.34. The second-order valence-electron chi connectivity index (χ2n) is 6.19. The Balaban J connectivity index is 1.78. The lowest BCUT2D eigenvalue weighted by atomic mass is 9.94. The van der Waals surface area contributed by atoms with Crippen LogP contribution in [-0.2, 0) is 24.8 Å². The number of hydrogen-bond acceptors (Lipinski definition) is 6. The maximum atomic E-state index is 12.2. The van der Waals surface area contributed by atoms with Gasteiger partial charge in [0.25, 0.3) is 0 Å². The zero-order valence-electron chi connectivity index (χ0n) is 13.2. The fourth-order valence-corrected chi connectivity index (χ4v) is 3.38. The van der Waals surface area contributed by atoms with Gasteiger partial charge in [-0.05, 0) is 22.8 Å². The molecule has 2 aliphatic heterocycles. The van der Waals surface area contributed by atoms with Crippen LogP contribution in [0, 0.1) is 5.21 Å². The van der Waals surface area contributed by atoms with Crippen molar-refractivity contribution in [1.29, 1.82) is 0 Å². The van der Waals surface area contributed by atoms with Crippen molar-refractivity contribution in [3.05, 3.63) is 46.4 Å². The molecule has 2 aliphatic rings. The highest BCUT2D eigenvalue weighted by Gasteiger charge is 2.29. The second-order valence-corrected chi connectivity index (χ2v) is 6.19.